The Morgan fingerprint density at radius 2 is 0.938 bits per heavy atom. The summed E-state index contributed by atoms with van der Waals surface area (Å²) >= 11 is 3.37. The molecule has 4 amide bonds. The zero-order valence-corrected chi connectivity index (χ0v) is 31.0. The monoisotopic (exact) mass is 690 g/mol. The van der Waals surface area contributed by atoms with E-state index in [4.69, 9.17) is 0 Å². The van der Waals surface area contributed by atoms with Crippen LogP contribution in [0.2, 0.25) is 0 Å². The molecule has 8 nitrogen and oxygen atoms in total. The summed E-state index contributed by atoms with van der Waals surface area (Å²) in [5.74, 6) is 0. The van der Waals surface area contributed by atoms with Gasteiger partial charge in [-0.15, -0.1) is 0 Å². The fourth-order valence-corrected chi connectivity index (χ4v) is 6.61. The molecule has 48 heavy (non-hydrogen) atoms. The van der Waals surface area contributed by atoms with Crippen molar-refractivity contribution in [2.75, 3.05) is 41.3 Å². The quantitative estimate of drug-likeness (QED) is 0.111. The van der Waals surface area contributed by atoms with E-state index in [0.29, 0.717) is 13.1 Å². The van der Waals surface area contributed by atoms with Gasteiger partial charge in [-0.05, 0) is 124 Å². The number of nitrogens with zero attached hydrogens (tertiary/aromatic N) is 2. The van der Waals surface area contributed by atoms with Crippen molar-refractivity contribution in [3.63, 3.8) is 0 Å². The molecule has 2 heterocycles. The van der Waals surface area contributed by atoms with Gasteiger partial charge in [-0.3, -0.25) is 0 Å². The predicted molar refractivity (Wildman–Crippen MR) is 203 cm³/mol. The molecule has 4 N–H and O–H groups in total. The number of nitrogens with one attached hydrogen (secondary N) is 4. The normalized spacial score (nSPS) is 13.5. The summed E-state index contributed by atoms with van der Waals surface area (Å²) < 4.78 is 0. The van der Waals surface area contributed by atoms with Crippen LogP contribution in [0.4, 0.5) is 9.59 Å². The standard InChI is InChI=1S/2C19H27N3OS/c2*1-15(11-17-9-10-24-14-17)21-19(23)20-13-18(22(2)3)12-16-7-5-4-6-8-16/h2*4-10,14-15,18H,11-13H2,1-3H3,(H2,20,21,23)/t15-,18?;/m0./s1. The summed E-state index contributed by atoms with van der Waals surface area (Å²) in [5.41, 5.74) is 5.10. The van der Waals surface area contributed by atoms with Gasteiger partial charge >= 0.3 is 12.1 Å². The molecule has 0 bridgehead atoms. The highest BCUT2D eigenvalue weighted by Crippen LogP contribution is 2.10. The zero-order chi connectivity index (χ0) is 34.7. The largest absolute Gasteiger partial charge is 0.337 e. The number of amides is 4. The highest BCUT2D eigenvalue weighted by Gasteiger charge is 2.16. The Hall–Kier alpha value is -3.70. The van der Waals surface area contributed by atoms with Crippen molar-refractivity contribution in [3.8, 4) is 0 Å². The number of hydrogen-bond donors (Lipinski definition) is 4. The van der Waals surface area contributed by atoms with E-state index < -0.39 is 0 Å². The smallest absolute Gasteiger partial charge is 0.315 e. The minimum atomic E-state index is -0.0994. The second kappa shape index (κ2) is 21.3. The molecule has 0 radical (unpaired) electrons. The fourth-order valence-electron chi connectivity index (χ4n) is 5.24. The Morgan fingerprint density at radius 1 is 0.562 bits per heavy atom. The first kappa shape index (κ1) is 38.7. The molecule has 0 saturated heterocycles. The van der Waals surface area contributed by atoms with Gasteiger partial charge in [0.1, 0.15) is 0 Å². The molecule has 10 heteroatoms. The van der Waals surface area contributed by atoms with E-state index in [1.165, 1.54) is 22.3 Å². The Morgan fingerprint density at radius 3 is 1.25 bits per heavy atom. The van der Waals surface area contributed by atoms with Gasteiger partial charge in [0.25, 0.3) is 0 Å². The third kappa shape index (κ3) is 15.5. The molecule has 2 aromatic heterocycles. The number of thiophene rings is 2. The molecule has 0 aliphatic rings. The lowest BCUT2D eigenvalue weighted by Crippen LogP contribution is -2.47. The molecular formula is C38H54N6O2S2. The Labute approximate surface area is 296 Å². The SMILES string of the molecule is CC(Cc1ccsc1)NC(=O)NCC(Cc1ccccc1)N(C)C.C[C@@H](Cc1ccsc1)NC(=O)NCC(Cc1ccccc1)N(C)C. The number of carbonyl (C=O) groups excluding carboxylic acids is 2. The van der Waals surface area contributed by atoms with Crippen molar-refractivity contribution in [2.45, 2.75) is 63.7 Å². The number of rotatable bonds is 16. The number of carbonyl (C=O) groups is 2. The van der Waals surface area contributed by atoms with Gasteiger partial charge in [0.05, 0.1) is 0 Å². The number of hydrogen-bond acceptors (Lipinski definition) is 6. The van der Waals surface area contributed by atoms with Crippen LogP contribution in [-0.2, 0) is 25.7 Å². The van der Waals surface area contributed by atoms with E-state index in [1.807, 2.05) is 78.4 Å². The van der Waals surface area contributed by atoms with Crippen molar-refractivity contribution in [2.24, 2.45) is 0 Å². The van der Waals surface area contributed by atoms with Gasteiger partial charge in [0.2, 0.25) is 0 Å². The van der Waals surface area contributed by atoms with E-state index >= 15 is 0 Å². The molecular weight excluding hydrogens is 637 g/mol. The van der Waals surface area contributed by atoms with Crippen molar-refractivity contribution in [3.05, 3.63) is 117 Å². The predicted octanol–water partition coefficient (Wildman–Crippen LogP) is 6.30. The Kier molecular flexibility index (Phi) is 17.2. The van der Waals surface area contributed by atoms with Gasteiger partial charge in [-0.2, -0.15) is 22.7 Å². The topological polar surface area (TPSA) is 88.7 Å². The minimum absolute atomic E-state index is 0.0994. The maximum atomic E-state index is 12.1. The lowest BCUT2D eigenvalue weighted by molar-refractivity contribution is 0.228. The molecule has 3 unspecified atom stereocenters. The molecule has 260 valence electrons. The molecule has 0 saturated carbocycles. The average molecular weight is 691 g/mol. The maximum Gasteiger partial charge on any atom is 0.315 e. The van der Waals surface area contributed by atoms with E-state index in [0.717, 1.165) is 25.7 Å². The molecule has 0 aliphatic heterocycles. The molecule has 4 atom stereocenters. The zero-order valence-electron chi connectivity index (χ0n) is 29.3. The minimum Gasteiger partial charge on any atom is -0.337 e. The summed E-state index contributed by atoms with van der Waals surface area (Å²) in [6, 6.07) is 25.5. The third-order valence-electron chi connectivity index (χ3n) is 8.08. The second-order valence-electron chi connectivity index (χ2n) is 12.8. The first-order valence-electron chi connectivity index (χ1n) is 16.6. The lowest BCUT2D eigenvalue weighted by atomic mass is 10.1. The average Bonchev–Trinajstić information content (AvgIpc) is 3.77. The molecule has 0 spiro atoms. The lowest BCUT2D eigenvalue weighted by Gasteiger charge is -2.25. The van der Waals surface area contributed by atoms with Gasteiger partial charge in [-0.25, -0.2) is 9.59 Å². The van der Waals surface area contributed by atoms with Gasteiger partial charge in [-0.1, -0.05) is 60.7 Å². The van der Waals surface area contributed by atoms with Crippen molar-refractivity contribution < 1.29 is 9.59 Å². The van der Waals surface area contributed by atoms with Crippen LogP contribution in [0.25, 0.3) is 0 Å². The first-order chi connectivity index (χ1) is 23.1. The molecule has 4 aromatic rings. The molecule has 0 fully saturated rings. The van der Waals surface area contributed by atoms with Crippen LogP contribution < -0.4 is 21.3 Å². The maximum absolute atomic E-state index is 12.1. The fraction of sp³-hybridized carbons (Fsp3) is 0.421. The van der Waals surface area contributed by atoms with Crippen LogP contribution in [0.15, 0.2) is 94.3 Å². The number of urea groups is 2. The van der Waals surface area contributed by atoms with Gasteiger partial charge in [0.15, 0.2) is 0 Å². The molecule has 0 aliphatic carbocycles. The molecule has 4 rings (SSSR count). The van der Waals surface area contributed by atoms with Gasteiger partial charge < -0.3 is 31.1 Å². The van der Waals surface area contributed by atoms with E-state index in [1.54, 1.807) is 22.7 Å². The van der Waals surface area contributed by atoms with Gasteiger partial charge in [0, 0.05) is 37.3 Å². The first-order valence-corrected chi connectivity index (χ1v) is 18.5. The van der Waals surface area contributed by atoms with Crippen LogP contribution >= 0.6 is 22.7 Å². The highest BCUT2D eigenvalue weighted by molar-refractivity contribution is 7.08. The summed E-state index contributed by atoms with van der Waals surface area (Å²) in [6.07, 6.45) is 3.55. The van der Waals surface area contributed by atoms with Crippen LogP contribution in [0.3, 0.4) is 0 Å². The van der Waals surface area contributed by atoms with E-state index in [2.05, 4.69) is 89.0 Å². The molecule has 2 aromatic carbocycles. The summed E-state index contributed by atoms with van der Waals surface area (Å²) in [6.45, 7) is 5.31. The van der Waals surface area contributed by atoms with Crippen LogP contribution in [-0.4, -0.2) is 87.3 Å². The number of likely N-dealkylation sites (N-methyl/N-ethyl adjacent to an activating group) is 2. The van der Waals surface area contributed by atoms with E-state index in [9.17, 15) is 9.59 Å². The van der Waals surface area contributed by atoms with Crippen molar-refractivity contribution in [1.82, 2.24) is 31.1 Å². The van der Waals surface area contributed by atoms with Crippen LogP contribution in [0, 0.1) is 0 Å². The highest BCUT2D eigenvalue weighted by atomic mass is 32.1. The van der Waals surface area contributed by atoms with Crippen LogP contribution in [0.1, 0.15) is 36.1 Å². The Balaban J connectivity index is 0.000000260. The van der Waals surface area contributed by atoms with Crippen LogP contribution in [0.5, 0.6) is 0 Å². The van der Waals surface area contributed by atoms with E-state index in [-0.39, 0.29) is 36.2 Å². The third-order valence-corrected chi connectivity index (χ3v) is 9.55. The summed E-state index contributed by atoms with van der Waals surface area (Å²) in [7, 11) is 8.19. The van der Waals surface area contributed by atoms with Crippen molar-refractivity contribution >= 4 is 34.7 Å². The number of benzene rings is 2. The second-order valence-corrected chi connectivity index (χ2v) is 14.4. The summed E-state index contributed by atoms with van der Waals surface area (Å²) in [4.78, 5) is 28.6. The summed E-state index contributed by atoms with van der Waals surface area (Å²) in [5, 5.41) is 20.4. The Bertz CT molecular complexity index is 1310. The van der Waals surface area contributed by atoms with Crippen molar-refractivity contribution in [1.29, 1.82) is 0 Å².